The predicted octanol–water partition coefficient (Wildman–Crippen LogP) is 5.67. The van der Waals surface area contributed by atoms with Crippen LogP contribution < -0.4 is 19.5 Å². The summed E-state index contributed by atoms with van der Waals surface area (Å²) in [5, 5.41) is 2.92. The normalized spacial score (nSPS) is 14.5. The molecule has 1 aliphatic heterocycles. The molecule has 0 aromatic heterocycles. The van der Waals surface area contributed by atoms with E-state index in [4.69, 9.17) is 14.2 Å². The number of rotatable bonds is 7. The highest BCUT2D eigenvalue weighted by molar-refractivity contribution is 5.98. The molecule has 1 N–H and O–H groups in total. The Morgan fingerprint density at radius 2 is 1.36 bits per heavy atom. The van der Waals surface area contributed by atoms with Gasteiger partial charge in [0.25, 0.3) is 5.91 Å². The van der Waals surface area contributed by atoms with Crippen molar-refractivity contribution in [2.24, 2.45) is 0 Å². The number of benzene rings is 4. The second kappa shape index (κ2) is 9.49. The summed E-state index contributed by atoms with van der Waals surface area (Å²) in [7, 11) is 0. The molecule has 0 saturated heterocycles. The fourth-order valence-corrected chi connectivity index (χ4v) is 3.67. The molecule has 1 unspecified atom stereocenters. The number of carbonyl (C=O) groups excluding carboxylic acids is 1. The van der Waals surface area contributed by atoms with Gasteiger partial charge in [-0.3, -0.25) is 4.79 Å². The van der Waals surface area contributed by atoms with Crippen LogP contribution in [0.4, 0.5) is 0 Å². The van der Waals surface area contributed by atoms with E-state index in [0.717, 1.165) is 16.7 Å². The highest BCUT2D eigenvalue weighted by atomic mass is 16.5. The lowest BCUT2D eigenvalue weighted by Gasteiger charge is -2.28. The summed E-state index contributed by atoms with van der Waals surface area (Å²) >= 11 is 0. The van der Waals surface area contributed by atoms with Crippen LogP contribution in [0.3, 0.4) is 0 Å². The van der Waals surface area contributed by atoms with Gasteiger partial charge in [0.2, 0.25) is 6.23 Å². The Bertz CT molecular complexity index is 1240. The van der Waals surface area contributed by atoms with Crippen LogP contribution >= 0.6 is 0 Å². The third-order valence-corrected chi connectivity index (χ3v) is 5.39. The van der Waals surface area contributed by atoms with Gasteiger partial charge in [0.15, 0.2) is 0 Å². The summed E-state index contributed by atoms with van der Waals surface area (Å²) in [5.74, 6) is 1.63. The van der Waals surface area contributed by atoms with Crippen molar-refractivity contribution >= 4 is 5.91 Å². The van der Waals surface area contributed by atoms with Gasteiger partial charge in [-0.25, -0.2) is 0 Å². The molecule has 5 rings (SSSR count). The van der Waals surface area contributed by atoms with Crippen molar-refractivity contribution in [2.45, 2.75) is 19.4 Å². The third-order valence-electron chi connectivity index (χ3n) is 5.39. The Morgan fingerprint density at radius 1 is 0.727 bits per heavy atom. The molecule has 1 heterocycles. The van der Waals surface area contributed by atoms with E-state index in [-0.39, 0.29) is 5.91 Å². The Labute approximate surface area is 192 Å². The molecule has 4 aromatic carbocycles. The zero-order valence-corrected chi connectivity index (χ0v) is 17.9. The number of hydrogen-bond acceptors (Lipinski definition) is 4. The second-order valence-electron chi connectivity index (χ2n) is 7.72. The van der Waals surface area contributed by atoms with Crippen LogP contribution in [0.25, 0.3) is 0 Å². The second-order valence-corrected chi connectivity index (χ2v) is 7.72. The van der Waals surface area contributed by atoms with E-state index in [1.54, 1.807) is 12.1 Å². The number of nitrogens with one attached hydrogen (secondary N) is 1. The zero-order valence-electron chi connectivity index (χ0n) is 17.9. The van der Waals surface area contributed by atoms with Crippen LogP contribution in [0.5, 0.6) is 17.2 Å². The van der Waals surface area contributed by atoms with Crippen LogP contribution in [-0.2, 0) is 13.2 Å². The van der Waals surface area contributed by atoms with E-state index >= 15 is 0 Å². The van der Waals surface area contributed by atoms with E-state index in [2.05, 4.69) is 5.32 Å². The van der Waals surface area contributed by atoms with Gasteiger partial charge in [-0.1, -0.05) is 72.8 Å². The van der Waals surface area contributed by atoms with Gasteiger partial charge in [-0.2, -0.15) is 0 Å². The van der Waals surface area contributed by atoms with Gasteiger partial charge in [0, 0.05) is 6.07 Å². The highest BCUT2D eigenvalue weighted by Crippen LogP contribution is 2.35. The van der Waals surface area contributed by atoms with Crippen molar-refractivity contribution in [2.75, 3.05) is 0 Å². The van der Waals surface area contributed by atoms with Crippen molar-refractivity contribution in [3.05, 3.63) is 125 Å². The van der Waals surface area contributed by atoms with Crippen molar-refractivity contribution in [1.29, 1.82) is 0 Å². The minimum absolute atomic E-state index is 0.180. The fraction of sp³-hybridized carbons (Fsp3) is 0.107. The molecule has 0 spiro atoms. The molecule has 1 atom stereocenters. The molecular formula is C28H23NO4. The molecule has 0 aliphatic carbocycles. The lowest BCUT2D eigenvalue weighted by molar-refractivity contribution is 0.0749. The lowest BCUT2D eigenvalue weighted by Crippen LogP contribution is -2.37. The van der Waals surface area contributed by atoms with Gasteiger partial charge in [0.05, 0.1) is 11.1 Å². The third kappa shape index (κ3) is 4.83. The van der Waals surface area contributed by atoms with Crippen molar-refractivity contribution in [3.8, 4) is 17.2 Å². The molecule has 164 valence electrons. The molecular weight excluding hydrogens is 414 g/mol. The molecule has 5 heteroatoms. The first-order valence-corrected chi connectivity index (χ1v) is 10.8. The van der Waals surface area contributed by atoms with Crippen LogP contribution in [0.15, 0.2) is 103 Å². The molecule has 0 radical (unpaired) electrons. The zero-order chi connectivity index (χ0) is 22.5. The molecule has 1 amide bonds. The first-order valence-electron chi connectivity index (χ1n) is 10.8. The van der Waals surface area contributed by atoms with Gasteiger partial charge >= 0.3 is 0 Å². The highest BCUT2D eigenvalue weighted by Gasteiger charge is 2.28. The fourth-order valence-electron chi connectivity index (χ4n) is 3.67. The quantitative estimate of drug-likeness (QED) is 0.405. The lowest BCUT2D eigenvalue weighted by atomic mass is 10.1. The van der Waals surface area contributed by atoms with E-state index in [9.17, 15) is 4.79 Å². The number of fused-ring (bicyclic) bond motifs is 1. The average Bonchev–Trinajstić information content (AvgIpc) is 2.87. The summed E-state index contributed by atoms with van der Waals surface area (Å²) in [5.41, 5.74) is 3.36. The van der Waals surface area contributed by atoms with E-state index < -0.39 is 6.23 Å². The van der Waals surface area contributed by atoms with Crippen LogP contribution in [0, 0.1) is 0 Å². The molecule has 4 aromatic rings. The average molecular weight is 437 g/mol. The number of amides is 1. The number of hydrogen-bond donors (Lipinski definition) is 1. The van der Waals surface area contributed by atoms with Crippen LogP contribution in [-0.4, -0.2) is 5.91 Å². The molecule has 33 heavy (non-hydrogen) atoms. The molecule has 0 saturated carbocycles. The van der Waals surface area contributed by atoms with E-state index in [1.165, 1.54) is 0 Å². The Balaban J connectivity index is 1.41. The van der Waals surface area contributed by atoms with Gasteiger partial charge in [-0.15, -0.1) is 0 Å². The van der Waals surface area contributed by atoms with Gasteiger partial charge in [0.1, 0.15) is 30.5 Å². The monoisotopic (exact) mass is 437 g/mol. The molecule has 0 fully saturated rings. The van der Waals surface area contributed by atoms with Crippen LogP contribution in [0.1, 0.15) is 33.3 Å². The van der Waals surface area contributed by atoms with Crippen molar-refractivity contribution in [3.63, 3.8) is 0 Å². The summed E-state index contributed by atoms with van der Waals surface area (Å²) in [4.78, 5) is 12.6. The summed E-state index contributed by atoms with van der Waals surface area (Å²) in [6.07, 6.45) is -0.665. The smallest absolute Gasteiger partial charge is 0.258 e. The maximum Gasteiger partial charge on any atom is 0.258 e. The standard InChI is InChI=1S/C28H23NO4/c30-27-23-13-7-8-14-25(23)33-28(29-27)24-16-15-22(31-18-20-9-3-1-4-10-20)17-26(24)32-19-21-11-5-2-6-12-21/h1-17,28H,18-19H2,(H,29,30). The summed E-state index contributed by atoms with van der Waals surface area (Å²) in [6, 6.07) is 32.7. The summed E-state index contributed by atoms with van der Waals surface area (Å²) in [6.45, 7) is 0.829. The van der Waals surface area contributed by atoms with Crippen molar-refractivity contribution in [1.82, 2.24) is 5.32 Å². The summed E-state index contributed by atoms with van der Waals surface area (Å²) < 4.78 is 18.3. The number of ether oxygens (including phenoxy) is 3. The van der Waals surface area contributed by atoms with Crippen LogP contribution in [0.2, 0.25) is 0 Å². The number of para-hydroxylation sites is 1. The first-order chi connectivity index (χ1) is 16.3. The minimum atomic E-state index is -0.665. The van der Waals surface area contributed by atoms with Crippen molar-refractivity contribution < 1.29 is 19.0 Å². The van der Waals surface area contributed by atoms with E-state index in [1.807, 2.05) is 91.0 Å². The topological polar surface area (TPSA) is 56.8 Å². The van der Waals surface area contributed by atoms with Gasteiger partial charge in [-0.05, 0) is 35.4 Å². The number of carbonyl (C=O) groups is 1. The molecule has 0 bridgehead atoms. The SMILES string of the molecule is O=C1NC(c2ccc(OCc3ccccc3)cc2OCc2ccccc2)Oc2ccccc21. The molecule has 5 nitrogen and oxygen atoms in total. The van der Waals surface area contributed by atoms with E-state index in [0.29, 0.717) is 36.0 Å². The Kier molecular flexibility index (Phi) is 5.93. The van der Waals surface area contributed by atoms with Gasteiger partial charge < -0.3 is 19.5 Å². The minimum Gasteiger partial charge on any atom is -0.489 e. The predicted molar refractivity (Wildman–Crippen MR) is 125 cm³/mol. The Hall–Kier alpha value is -4.25. The largest absolute Gasteiger partial charge is 0.489 e. The first kappa shape index (κ1) is 20.6. The molecule has 1 aliphatic rings. The Morgan fingerprint density at radius 3 is 2.09 bits per heavy atom. The maximum atomic E-state index is 12.6. The maximum absolute atomic E-state index is 12.6.